The molecule has 1 aromatic carbocycles. The van der Waals surface area contributed by atoms with Crippen molar-refractivity contribution in [1.82, 2.24) is 20.2 Å². The van der Waals surface area contributed by atoms with Gasteiger partial charge in [-0.2, -0.15) is 4.98 Å². The molecular formula is C29H36F3N7O3. The van der Waals surface area contributed by atoms with Crippen LogP contribution in [0.2, 0.25) is 0 Å². The van der Waals surface area contributed by atoms with Gasteiger partial charge >= 0.3 is 6.36 Å². The third-order valence-electron chi connectivity index (χ3n) is 9.00. The number of carbonyl (C=O) groups excluding carboxylic acids is 2. The lowest BCUT2D eigenvalue weighted by molar-refractivity contribution is -0.274. The molecule has 3 heterocycles. The summed E-state index contributed by atoms with van der Waals surface area (Å²) in [6.07, 6.45) is 3.92. The molecule has 2 aromatic rings. The number of anilines is 4. The first-order valence-electron chi connectivity index (χ1n) is 14.6. The van der Waals surface area contributed by atoms with Gasteiger partial charge in [0.25, 0.3) is 5.91 Å². The number of aromatic nitrogens is 2. The van der Waals surface area contributed by atoms with Crippen LogP contribution in [0.15, 0.2) is 24.4 Å². The van der Waals surface area contributed by atoms with Crippen molar-refractivity contribution in [3.05, 3.63) is 30.0 Å². The molecule has 3 fully saturated rings. The van der Waals surface area contributed by atoms with Gasteiger partial charge in [0, 0.05) is 31.2 Å². The van der Waals surface area contributed by atoms with Gasteiger partial charge in [0.05, 0.1) is 17.3 Å². The van der Waals surface area contributed by atoms with Gasteiger partial charge in [-0.25, -0.2) is 4.98 Å². The van der Waals surface area contributed by atoms with Crippen LogP contribution in [-0.2, 0) is 4.79 Å². The van der Waals surface area contributed by atoms with Crippen molar-refractivity contribution in [3.8, 4) is 5.75 Å². The fourth-order valence-electron chi connectivity index (χ4n) is 6.37. The molecule has 2 N–H and O–H groups in total. The molecular weight excluding hydrogens is 551 g/mol. The predicted molar refractivity (Wildman–Crippen MR) is 151 cm³/mol. The van der Waals surface area contributed by atoms with Gasteiger partial charge in [0.1, 0.15) is 5.69 Å². The van der Waals surface area contributed by atoms with Gasteiger partial charge in [-0.3, -0.25) is 9.59 Å². The summed E-state index contributed by atoms with van der Waals surface area (Å²) in [5, 5.41) is 5.80. The largest absolute Gasteiger partial charge is 0.573 e. The maximum Gasteiger partial charge on any atom is 0.573 e. The van der Waals surface area contributed by atoms with Crippen molar-refractivity contribution >= 4 is 35.0 Å². The maximum atomic E-state index is 13.4. The smallest absolute Gasteiger partial charge is 0.404 e. The van der Waals surface area contributed by atoms with Crippen molar-refractivity contribution in [1.29, 1.82) is 0 Å². The highest BCUT2D eigenvalue weighted by molar-refractivity contribution is 6.03. The van der Waals surface area contributed by atoms with Gasteiger partial charge in [0.2, 0.25) is 11.9 Å². The normalized spacial score (nSPS) is 21.3. The highest BCUT2D eigenvalue weighted by atomic mass is 19.4. The zero-order valence-corrected chi connectivity index (χ0v) is 23.8. The van der Waals surface area contributed by atoms with E-state index in [-0.39, 0.29) is 35.2 Å². The Morgan fingerprint density at radius 2 is 1.81 bits per heavy atom. The minimum absolute atomic E-state index is 0.0350. The Morgan fingerprint density at radius 3 is 2.48 bits per heavy atom. The van der Waals surface area contributed by atoms with E-state index in [0.29, 0.717) is 18.1 Å². The van der Waals surface area contributed by atoms with Crippen LogP contribution in [0.25, 0.3) is 0 Å². The second-order valence-corrected chi connectivity index (χ2v) is 12.0. The third kappa shape index (κ3) is 5.83. The molecule has 0 radical (unpaired) electrons. The van der Waals surface area contributed by atoms with Crippen LogP contribution in [0, 0.1) is 5.41 Å². The minimum Gasteiger partial charge on any atom is -0.404 e. The van der Waals surface area contributed by atoms with Crippen LogP contribution in [-0.4, -0.2) is 78.9 Å². The topological polar surface area (TPSA) is 103 Å². The Kier molecular flexibility index (Phi) is 7.40. The van der Waals surface area contributed by atoms with Crippen molar-refractivity contribution in [2.24, 2.45) is 5.41 Å². The van der Waals surface area contributed by atoms with Crippen molar-refractivity contribution in [3.63, 3.8) is 0 Å². The second kappa shape index (κ2) is 10.9. The summed E-state index contributed by atoms with van der Waals surface area (Å²) in [6, 6.07) is 4.08. The standard InChI is InChI=1S/C29H36F3N7O3/c1-37-13-9-19(10-14-37)34-25(40)18-7-8-21(23(15-18)42-29(30,31)32)35-27-33-16-22-24(36-27)39(20-5-3-4-6-20)17-28(11-12-28)26(41)38(22)2/h7-8,15-16,19-20H,3-6,9-14,17H2,1-2H3,(H,34,40)(H,33,35,36). The Balaban J connectivity index is 1.28. The summed E-state index contributed by atoms with van der Waals surface area (Å²) in [4.78, 5) is 41.3. The first kappa shape index (κ1) is 28.5. The average molecular weight is 588 g/mol. The van der Waals surface area contributed by atoms with Crippen LogP contribution in [0.4, 0.5) is 36.3 Å². The molecule has 0 unspecified atom stereocenters. The summed E-state index contributed by atoms with van der Waals surface area (Å²) >= 11 is 0. The number of piperidine rings is 1. The van der Waals surface area contributed by atoms with Crippen LogP contribution in [0.1, 0.15) is 61.7 Å². The highest BCUT2D eigenvalue weighted by Crippen LogP contribution is 2.52. The zero-order chi connectivity index (χ0) is 29.6. The van der Waals surface area contributed by atoms with Gasteiger partial charge < -0.3 is 30.1 Å². The molecule has 2 saturated carbocycles. The number of hydrogen-bond donors (Lipinski definition) is 2. The molecule has 0 atom stereocenters. The molecule has 2 aliphatic carbocycles. The van der Waals surface area contributed by atoms with Gasteiger partial charge in [-0.1, -0.05) is 12.8 Å². The summed E-state index contributed by atoms with van der Waals surface area (Å²) in [6.45, 7) is 2.23. The number of ether oxygens (including phenoxy) is 1. The number of nitrogens with zero attached hydrogens (tertiary/aromatic N) is 5. The van der Waals surface area contributed by atoms with Gasteiger partial charge in [-0.15, -0.1) is 13.2 Å². The Morgan fingerprint density at radius 1 is 1.10 bits per heavy atom. The number of alkyl halides is 3. The average Bonchev–Trinajstić information content (AvgIpc) is 3.55. The number of hydrogen-bond acceptors (Lipinski definition) is 8. The zero-order valence-electron chi connectivity index (χ0n) is 23.8. The molecule has 1 aromatic heterocycles. The van der Waals surface area contributed by atoms with Crippen LogP contribution < -0.4 is 25.2 Å². The number of amides is 2. The lowest BCUT2D eigenvalue weighted by Gasteiger charge is -2.31. The van der Waals surface area contributed by atoms with E-state index in [2.05, 4.69) is 30.2 Å². The molecule has 42 heavy (non-hydrogen) atoms. The fraction of sp³-hybridized carbons (Fsp3) is 0.586. The number of benzene rings is 1. The SMILES string of the molecule is CN1CCC(NC(=O)c2ccc(Nc3ncc4c(n3)N(C3CCCC3)CC3(CC3)C(=O)N4C)c(OC(F)(F)F)c2)CC1. The molecule has 1 spiro atoms. The minimum atomic E-state index is -4.98. The summed E-state index contributed by atoms with van der Waals surface area (Å²) in [5.41, 5.74) is 0.175. The van der Waals surface area contributed by atoms with Crippen LogP contribution in [0.5, 0.6) is 5.75 Å². The molecule has 0 bridgehead atoms. The summed E-state index contributed by atoms with van der Waals surface area (Å²) in [5.74, 6) is -0.317. The first-order chi connectivity index (χ1) is 20.0. The van der Waals surface area contributed by atoms with Gasteiger partial charge in [-0.05, 0) is 76.9 Å². The van der Waals surface area contributed by atoms with Crippen molar-refractivity contribution < 1.29 is 27.5 Å². The van der Waals surface area contributed by atoms with Crippen molar-refractivity contribution in [2.75, 3.05) is 48.8 Å². The number of carbonyl (C=O) groups is 2. The first-order valence-corrected chi connectivity index (χ1v) is 14.6. The highest BCUT2D eigenvalue weighted by Gasteiger charge is 2.55. The Labute approximate surface area is 242 Å². The molecule has 13 heteroatoms. The summed E-state index contributed by atoms with van der Waals surface area (Å²) in [7, 11) is 3.73. The van der Waals surface area contributed by atoms with Crippen molar-refractivity contribution in [2.45, 2.75) is 69.8 Å². The van der Waals surface area contributed by atoms with E-state index in [1.54, 1.807) is 18.1 Å². The quantitative estimate of drug-likeness (QED) is 0.511. The monoisotopic (exact) mass is 587 g/mol. The Hall–Kier alpha value is -3.61. The number of nitrogens with one attached hydrogen (secondary N) is 2. The molecule has 4 aliphatic rings. The van der Waals surface area contributed by atoms with E-state index in [9.17, 15) is 22.8 Å². The number of likely N-dealkylation sites (tertiary alicyclic amines) is 1. The van der Waals surface area contributed by atoms with Crippen LogP contribution >= 0.6 is 0 Å². The number of halogens is 3. The van der Waals surface area contributed by atoms with E-state index in [1.807, 2.05) is 7.05 Å². The molecule has 2 aliphatic heterocycles. The fourth-order valence-corrected chi connectivity index (χ4v) is 6.37. The van der Waals surface area contributed by atoms with Crippen LogP contribution in [0.3, 0.4) is 0 Å². The molecule has 6 rings (SSSR count). The lowest BCUT2D eigenvalue weighted by atomic mass is 10.0. The molecule has 10 nitrogen and oxygen atoms in total. The molecule has 226 valence electrons. The van der Waals surface area contributed by atoms with E-state index in [0.717, 1.165) is 70.5 Å². The predicted octanol–water partition coefficient (Wildman–Crippen LogP) is 4.45. The maximum absolute atomic E-state index is 13.4. The van der Waals surface area contributed by atoms with E-state index < -0.39 is 23.4 Å². The van der Waals surface area contributed by atoms with E-state index >= 15 is 0 Å². The molecule has 1 saturated heterocycles. The van der Waals surface area contributed by atoms with E-state index in [1.165, 1.54) is 12.1 Å². The van der Waals surface area contributed by atoms with E-state index in [4.69, 9.17) is 4.98 Å². The number of fused-ring (bicyclic) bond motifs is 1. The molecule has 2 amide bonds. The van der Waals surface area contributed by atoms with Gasteiger partial charge in [0.15, 0.2) is 11.6 Å². The Bertz CT molecular complexity index is 1350. The third-order valence-corrected chi connectivity index (χ3v) is 9.00. The number of rotatable bonds is 6. The second-order valence-electron chi connectivity index (χ2n) is 12.0. The lowest BCUT2D eigenvalue weighted by Crippen LogP contribution is -2.43. The summed E-state index contributed by atoms with van der Waals surface area (Å²) < 4.78 is 44.6.